The minimum atomic E-state index is -0.627. The molecule has 5 heteroatoms. The van der Waals surface area contributed by atoms with Gasteiger partial charge in [0.1, 0.15) is 5.54 Å². The molecule has 5 nitrogen and oxygen atoms in total. The van der Waals surface area contributed by atoms with Crippen molar-refractivity contribution in [1.29, 1.82) is 5.26 Å². The number of carbonyl (C=O) groups excluding carboxylic acids is 1. The van der Waals surface area contributed by atoms with Gasteiger partial charge in [0, 0.05) is 25.3 Å². The van der Waals surface area contributed by atoms with E-state index in [0.717, 1.165) is 44.3 Å². The fraction of sp³-hybridized carbons (Fsp3) is 0.667. The summed E-state index contributed by atoms with van der Waals surface area (Å²) in [4.78, 5) is 17.0. The quantitative estimate of drug-likeness (QED) is 0.735. The monoisotopic (exact) mass is 396 g/mol. The number of rotatable bonds is 7. The third-order valence-electron chi connectivity index (χ3n) is 6.97. The maximum Gasteiger partial charge on any atom is 0.242 e. The Kier molecular flexibility index (Phi) is 7.55. The number of nitrogens with one attached hydrogen (secondary N) is 1. The largest absolute Gasteiger partial charge is 0.376 e. The maximum atomic E-state index is 12.9. The molecule has 2 saturated carbocycles. The second-order valence-corrected chi connectivity index (χ2v) is 8.87. The molecular weight excluding hydrogens is 360 g/mol. The molecule has 0 aromatic heterocycles. The summed E-state index contributed by atoms with van der Waals surface area (Å²) in [5, 5.41) is 13.1. The van der Waals surface area contributed by atoms with Crippen molar-refractivity contribution in [3.8, 4) is 6.07 Å². The fourth-order valence-corrected chi connectivity index (χ4v) is 4.94. The van der Waals surface area contributed by atoms with Crippen LogP contribution in [0.1, 0.15) is 69.8 Å². The number of anilines is 1. The summed E-state index contributed by atoms with van der Waals surface area (Å²) in [6.07, 6.45) is 11.4. The summed E-state index contributed by atoms with van der Waals surface area (Å²) in [5.41, 5.74) is 1.62. The SMILES string of the molecule is CN(Cc1ccccc1NCC(=O)N(C)C1(C#N)CCCCC1)C1CCCCC1. The molecule has 2 aliphatic carbocycles. The fourth-order valence-electron chi connectivity index (χ4n) is 4.94. The number of likely N-dealkylation sites (N-methyl/N-ethyl adjacent to an activating group) is 1. The van der Waals surface area contributed by atoms with Gasteiger partial charge in [0.05, 0.1) is 12.6 Å². The Labute approximate surface area is 176 Å². The molecule has 158 valence electrons. The molecule has 1 aromatic rings. The first kappa shape index (κ1) is 21.6. The van der Waals surface area contributed by atoms with Crippen LogP contribution in [-0.2, 0) is 11.3 Å². The first-order valence-electron chi connectivity index (χ1n) is 11.3. The summed E-state index contributed by atoms with van der Waals surface area (Å²) in [5.74, 6) is -0.0103. The topological polar surface area (TPSA) is 59.4 Å². The van der Waals surface area contributed by atoms with E-state index in [1.54, 1.807) is 11.9 Å². The van der Waals surface area contributed by atoms with Crippen molar-refractivity contribution < 1.29 is 4.79 Å². The number of para-hydroxylation sites is 1. The molecule has 2 fully saturated rings. The van der Waals surface area contributed by atoms with E-state index in [2.05, 4.69) is 41.5 Å². The van der Waals surface area contributed by atoms with E-state index in [1.807, 2.05) is 6.07 Å². The Morgan fingerprint density at radius 3 is 2.45 bits per heavy atom. The number of benzene rings is 1. The average Bonchev–Trinajstić information content (AvgIpc) is 2.78. The Morgan fingerprint density at radius 1 is 1.10 bits per heavy atom. The highest BCUT2D eigenvalue weighted by atomic mass is 16.2. The lowest BCUT2D eigenvalue weighted by Crippen LogP contribution is -2.51. The molecule has 0 aliphatic heterocycles. The van der Waals surface area contributed by atoms with Crippen molar-refractivity contribution >= 4 is 11.6 Å². The summed E-state index contributed by atoms with van der Waals surface area (Å²) in [7, 11) is 4.01. The van der Waals surface area contributed by atoms with Crippen molar-refractivity contribution in [3.05, 3.63) is 29.8 Å². The molecule has 29 heavy (non-hydrogen) atoms. The van der Waals surface area contributed by atoms with Crippen LogP contribution in [0.25, 0.3) is 0 Å². The Morgan fingerprint density at radius 2 is 1.76 bits per heavy atom. The molecule has 0 heterocycles. The van der Waals surface area contributed by atoms with Crippen molar-refractivity contribution in [3.63, 3.8) is 0 Å². The molecule has 0 radical (unpaired) electrons. The molecule has 2 aliphatic rings. The second-order valence-electron chi connectivity index (χ2n) is 8.87. The summed E-state index contributed by atoms with van der Waals surface area (Å²) >= 11 is 0. The molecule has 1 aromatic carbocycles. The number of carbonyl (C=O) groups is 1. The zero-order valence-corrected chi connectivity index (χ0v) is 18.1. The van der Waals surface area contributed by atoms with Gasteiger partial charge < -0.3 is 10.2 Å². The lowest BCUT2D eigenvalue weighted by molar-refractivity contribution is -0.132. The number of nitrogens with zero attached hydrogens (tertiary/aromatic N) is 3. The van der Waals surface area contributed by atoms with Gasteiger partial charge in [-0.25, -0.2) is 0 Å². The van der Waals surface area contributed by atoms with E-state index in [0.29, 0.717) is 6.04 Å². The number of hydrogen-bond acceptors (Lipinski definition) is 4. The Hall–Kier alpha value is -2.06. The van der Waals surface area contributed by atoms with Gasteiger partial charge in [-0.2, -0.15) is 5.26 Å². The zero-order chi connectivity index (χ0) is 20.7. The normalized spacial score (nSPS) is 19.5. The molecule has 0 unspecified atom stereocenters. The van der Waals surface area contributed by atoms with Crippen LogP contribution in [0.2, 0.25) is 0 Å². The number of nitriles is 1. The van der Waals surface area contributed by atoms with Crippen LogP contribution in [0.3, 0.4) is 0 Å². The lowest BCUT2D eigenvalue weighted by atomic mass is 9.81. The van der Waals surface area contributed by atoms with Crippen LogP contribution >= 0.6 is 0 Å². The van der Waals surface area contributed by atoms with Gasteiger partial charge in [-0.1, -0.05) is 56.7 Å². The highest BCUT2D eigenvalue weighted by Gasteiger charge is 2.38. The van der Waals surface area contributed by atoms with Gasteiger partial charge in [-0.3, -0.25) is 9.69 Å². The Balaban J connectivity index is 1.60. The first-order chi connectivity index (χ1) is 14.1. The van der Waals surface area contributed by atoms with Crippen molar-refractivity contribution in [2.24, 2.45) is 0 Å². The predicted molar refractivity (Wildman–Crippen MR) is 117 cm³/mol. The zero-order valence-electron chi connectivity index (χ0n) is 18.1. The number of hydrogen-bond donors (Lipinski definition) is 1. The van der Waals surface area contributed by atoms with Crippen LogP contribution < -0.4 is 5.32 Å². The van der Waals surface area contributed by atoms with Gasteiger partial charge in [-0.05, 0) is 44.4 Å². The van der Waals surface area contributed by atoms with Gasteiger partial charge >= 0.3 is 0 Å². The average molecular weight is 397 g/mol. The van der Waals surface area contributed by atoms with E-state index < -0.39 is 5.54 Å². The molecular formula is C24H36N4O. The standard InChI is InChI=1S/C24H36N4O/c1-27(21-12-5-3-6-13-21)18-20-11-7-8-14-22(20)26-17-23(29)28(2)24(19-25)15-9-4-10-16-24/h7-8,11,14,21,26H,3-6,9-10,12-13,15-18H2,1-2H3. The van der Waals surface area contributed by atoms with E-state index in [-0.39, 0.29) is 12.5 Å². The number of amides is 1. The van der Waals surface area contributed by atoms with Crippen molar-refractivity contribution in [2.75, 3.05) is 26.0 Å². The van der Waals surface area contributed by atoms with Crippen molar-refractivity contribution in [2.45, 2.75) is 82.3 Å². The minimum Gasteiger partial charge on any atom is -0.376 e. The maximum absolute atomic E-state index is 12.9. The summed E-state index contributed by atoms with van der Waals surface area (Å²) < 4.78 is 0. The Bertz CT molecular complexity index is 714. The highest BCUT2D eigenvalue weighted by Crippen LogP contribution is 2.32. The van der Waals surface area contributed by atoms with Gasteiger partial charge in [-0.15, -0.1) is 0 Å². The molecule has 1 amide bonds. The summed E-state index contributed by atoms with van der Waals surface area (Å²) in [6, 6.07) is 11.4. The van der Waals surface area contributed by atoms with Crippen LogP contribution in [0.5, 0.6) is 0 Å². The molecule has 3 rings (SSSR count). The van der Waals surface area contributed by atoms with E-state index in [4.69, 9.17) is 0 Å². The molecule has 0 saturated heterocycles. The second kappa shape index (κ2) is 10.1. The first-order valence-corrected chi connectivity index (χ1v) is 11.3. The molecule has 0 spiro atoms. The van der Waals surface area contributed by atoms with E-state index >= 15 is 0 Å². The van der Waals surface area contributed by atoms with Crippen LogP contribution in [-0.4, -0.2) is 47.9 Å². The van der Waals surface area contributed by atoms with Crippen LogP contribution in [0.4, 0.5) is 5.69 Å². The van der Waals surface area contributed by atoms with Crippen LogP contribution in [0, 0.1) is 11.3 Å². The lowest BCUT2D eigenvalue weighted by Gasteiger charge is -2.39. The molecule has 1 N–H and O–H groups in total. The third kappa shape index (κ3) is 5.30. The van der Waals surface area contributed by atoms with Gasteiger partial charge in [0.2, 0.25) is 5.91 Å². The molecule has 0 atom stereocenters. The minimum absolute atomic E-state index is 0.0103. The van der Waals surface area contributed by atoms with Crippen molar-refractivity contribution in [1.82, 2.24) is 9.80 Å². The smallest absolute Gasteiger partial charge is 0.242 e. The van der Waals surface area contributed by atoms with Gasteiger partial charge in [0.25, 0.3) is 0 Å². The van der Waals surface area contributed by atoms with E-state index in [1.165, 1.54) is 37.7 Å². The highest BCUT2D eigenvalue weighted by molar-refractivity contribution is 5.82. The van der Waals surface area contributed by atoms with Gasteiger partial charge in [0.15, 0.2) is 0 Å². The van der Waals surface area contributed by atoms with Crippen LogP contribution in [0.15, 0.2) is 24.3 Å². The summed E-state index contributed by atoms with van der Waals surface area (Å²) in [6.45, 7) is 1.12. The van der Waals surface area contributed by atoms with E-state index in [9.17, 15) is 10.1 Å². The molecule has 0 bridgehead atoms. The predicted octanol–water partition coefficient (Wildman–Crippen LogP) is 4.55. The third-order valence-corrected chi connectivity index (χ3v) is 6.97.